The fourth-order valence-corrected chi connectivity index (χ4v) is 5.54. The molecule has 5 heterocycles. The van der Waals surface area contributed by atoms with Crippen LogP contribution in [-0.2, 0) is 24.6 Å². The van der Waals surface area contributed by atoms with E-state index in [1.807, 2.05) is 36.2 Å². The van der Waals surface area contributed by atoms with E-state index in [0.29, 0.717) is 18.9 Å². The highest BCUT2D eigenvalue weighted by atomic mass is 32.1. The van der Waals surface area contributed by atoms with Gasteiger partial charge in [0.1, 0.15) is 5.75 Å². The maximum absolute atomic E-state index is 13.3. The van der Waals surface area contributed by atoms with Crippen molar-refractivity contribution in [2.24, 2.45) is 7.05 Å². The van der Waals surface area contributed by atoms with E-state index in [1.165, 1.54) is 5.56 Å². The predicted octanol–water partition coefficient (Wildman–Crippen LogP) is 4.23. The van der Waals surface area contributed by atoms with Crippen LogP contribution < -0.4 is 10.1 Å². The van der Waals surface area contributed by atoms with Gasteiger partial charge in [-0.15, -0.1) is 11.3 Å². The largest absolute Gasteiger partial charge is 0.496 e. The lowest BCUT2D eigenvalue weighted by Gasteiger charge is -2.38. The first-order chi connectivity index (χ1) is 16.5. The summed E-state index contributed by atoms with van der Waals surface area (Å²) in [5.41, 5.74) is 5.45. The Morgan fingerprint density at radius 1 is 1.26 bits per heavy atom. The zero-order chi connectivity index (χ0) is 23.4. The van der Waals surface area contributed by atoms with Crippen LogP contribution in [0.5, 0.6) is 5.75 Å². The van der Waals surface area contributed by atoms with Crippen LogP contribution in [0, 0.1) is 0 Å². The van der Waals surface area contributed by atoms with E-state index in [2.05, 4.69) is 40.3 Å². The molecule has 0 aliphatic carbocycles. The number of fused-ring (bicyclic) bond motifs is 3. The number of benzene rings is 1. The van der Waals surface area contributed by atoms with Gasteiger partial charge in [-0.05, 0) is 55.0 Å². The van der Waals surface area contributed by atoms with E-state index in [1.54, 1.807) is 18.4 Å². The number of aromatic nitrogens is 3. The van der Waals surface area contributed by atoms with Crippen molar-refractivity contribution in [3.8, 4) is 33.3 Å². The lowest BCUT2D eigenvalue weighted by Crippen LogP contribution is -2.60. The van der Waals surface area contributed by atoms with Gasteiger partial charge in [0.2, 0.25) is 0 Å². The number of rotatable bonds is 5. The van der Waals surface area contributed by atoms with Crippen molar-refractivity contribution >= 4 is 17.2 Å². The summed E-state index contributed by atoms with van der Waals surface area (Å²) in [6, 6.07) is 10.5. The number of hydrogen-bond acceptors (Lipinski definition) is 5. The summed E-state index contributed by atoms with van der Waals surface area (Å²) in [4.78, 5) is 19.3. The molecule has 0 bridgehead atoms. The molecular formula is C26H26N4O3S. The second-order valence-corrected chi connectivity index (χ2v) is 10.2. The van der Waals surface area contributed by atoms with E-state index in [0.717, 1.165) is 51.8 Å². The lowest BCUT2D eigenvalue weighted by molar-refractivity contribution is -0.0594. The minimum Gasteiger partial charge on any atom is -0.496 e. The van der Waals surface area contributed by atoms with E-state index in [4.69, 9.17) is 14.5 Å². The molecule has 2 aliphatic rings. The first-order valence-electron chi connectivity index (χ1n) is 11.4. The number of hydrogen-bond donors (Lipinski definition) is 1. The summed E-state index contributed by atoms with van der Waals surface area (Å²) >= 11 is 1.63. The van der Waals surface area contributed by atoms with Crippen molar-refractivity contribution < 1.29 is 14.3 Å². The standard InChI is InChI=1S/C26H26N4O3S/c1-26(14-33-15-26)28-25(31)23-19-7-6-16-11-21(32-3)18(17-8-9-29(2)13-17)12-20(16)30(19)24(27-23)22-5-4-10-34-22/h4-5,8-13H,6-7,14-15H2,1-3H3,(H,28,31). The van der Waals surface area contributed by atoms with Gasteiger partial charge in [0.05, 0.1) is 42.1 Å². The van der Waals surface area contributed by atoms with Gasteiger partial charge in [0.25, 0.3) is 5.91 Å². The molecule has 1 N–H and O–H groups in total. The molecule has 7 nitrogen and oxygen atoms in total. The zero-order valence-corrected chi connectivity index (χ0v) is 20.2. The fraction of sp³-hybridized carbons (Fsp3) is 0.308. The van der Waals surface area contributed by atoms with E-state index in [-0.39, 0.29) is 11.4 Å². The maximum atomic E-state index is 13.3. The topological polar surface area (TPSA) is 70.3 Å². The van der Waals surface area contributed by atoms with Crippen molar-refractivity contribution in [3.63, 3.8) is 0 Å². The highest BCUT2D eigenvalue weighted by Gasteiger charge is 2.37. The Balaban J connectivity index is 1.53. The average molecular weight is 475 g/mol. The number of aryl methyl sites for hydroxylation is 2. The Morgan fingerprint density at radius 2 is 2.12 bits per heavy atom. The van der Waals surface area contributed by atoms with Crippen LogP contribution in [0.2, 0.25) is 0 Å². The Bertz CT molecular complexity index is 1400. The zero-order valence-electron chi connectivity index (χ0n) is 19.4. The molecule has 1 aromatic carbocycles. The highest BCUT2D eigenvalue weighted by Crippen LogP contribution is 2.40. The summed E-state index contributed by atoms with van der Waals surface area (Å²) in [7, 11) is 3.72. The minimum atomic E-state index is -0.336. The Labute approximate surface area is 202 Å². The Morgan fingerprint density at radius 3 is 2.76 bits per heavy atom. The van der Waals surface area contributed by atoms with Gasteiger partial charge >= 0.3 is 0 Å². The highest BCUT2D eigenvalue weighted by molar-refractivity contribution is 7.13. The van der Waals surface area contributed by atoms with Gasteiger partial charge in [-0.3, -0.25) is 9.36 Å². The summed E-state index contributed by atoms with van der Waals surface area (Å²) in [6.45, 7) is 3.05. The molecule has 0 radical (unpaired) electrons. The van der Waals surface area contributed by atoms with Gasteiger partial charge in [0.15, 0.2) is 11.5 Å². The third-order valence-electron chi connectivity index (χ3n) is 6.60. The van der Waals surface area contributed by atoms with Crippen LogP contribution in [-0.4, -0.2) is 45.9 Å². The number of nitrogens with zero attached hydrogens (tertiary/aromatic N) is 3. The first-order valence-corrected chi connectivity index (χ1v) is 12.2. The molecule has 8 heteroatoms. The predicted molar refractivity (Wildman–Crippen MR) is 132 cm³/mol. The molecule has 3 aromatic heterocycles. The van der Waals surface area contributed by atoms with E-state index >= 15 is 0 Å². The van der Waals surface area contributed by atoms with Crippen LogP contribution in [0.25, 0.3) is 27.5 Å². The van der Waals surface area contributed by atoms with E-state index in [9.17, 15) is 4.79 Å². The minimum absolute atomic E-state index is 0.141. The number of carbonyl (C=O) groups is 1. The average Bonchev–Trinajstić information content (AvgIpc) is 3.56. The summed E-state index contributed by atoms with van der Waals surface area (Å²) in [5, 5.41) is 5.18. The first kappa shape index (κ1) is 21.2. The number of amides is 1. The van der Waals surface area contributed by atoms with Crippen LogP contribution in [0.1, 0.15) is 28.7 Å². The van der Waals surface area contributed by atoms with Crippen molar-refractivity contribution in [2.45, 2.75) is 25.3 Å². The fourth-order valence-electron chi connectivity index (χ4n) is 4.84. The third kappa shape index (κ3) is 3.36. The van der Waals surface area contributed by atoms with Crippen LogP contribution >= 0.6 is 11.3 Å². The maximum Gasteiger partial charge on any atom is 0.272 e. The summed E-state index contributed by atoms with van der Waals surface area (Å²) < 4.78 is 15.3. The molecular weight excluding hydrogens is 448 g/mol. The van der Waals surface area contributed by atoms with Crippen LogP contribution in [0.4, 0.5) is 0 Å². The van der Waals surface area contributed by atoms with Crippen molar-refractivity contribution in [1.82, 2.24) is 19.4 Å². The molecule has 34 heavy (non-hydrogen) atoms. The number of carbonyl (C=O) groups excluding carboxylic acids is 1. The van der Waals surface area contributed by atoms with E-state index < -0.39 is 0 Å². The molecule has 0 atom stereocenters. The monoisotopic (exact) mass is 474 g/mol. The molecule has 2 aliphatic heterocycles. The van der Waals surface area contributed by atoms with Crippen molar-refractivity contribution in [1.29, 1.82) is 0 Å². The molecule has 1 amide bonds. The number of nitrogens with one attached hydrogen (secondary N) is 1. The van der Waals surface area contributed by atoms with Gasteiger partial charge in [0, 0.05) is 30.6 Å². The second kappa shape index (κ2) is 7.85. The van der Waals surface area contributed by atoms with Gasteiger partial charge in [-0.1, -0.05) is 6.07 Å². The number of ether oxygens (including phenoxy) is 2. The third-order valence-corrected chi connectivity index (χ3v) is 7.47. The lowest BCUT2D eigenvalue weighted by atomic mass is 9.95. The molecule has 1 fully saturated rings. The normalized spacial score (nSPS) is 15.9. The van der Waals surface area contributed by atoms with Gasteiger partial charge in [-0.25, -0.2) is 4.98 Å². The smallest absolute Gasteiger partial charge is 0.272 e. The van der Waals surface area contributed by atoms with Gasteiger partial charge in [-0.2, -0.15) is 0 Å². The molecule has 0 spiro atoms. The van der Waals surface area contributed by atoms with Gasteiger partial charge < -0.3 is 19.4 Å². The second-order valence-electron chi connectivity index (χ2n) is 9.30. The summed E-state index contributed by atoms with van der Waals surface area (Å²) in [5.74, 6) is 1.51. The molecule has 6 rings (SSSR count). The number of methoxy groups -OCH3 is 1. The van der Waals surface area contributed by atoms with Crippen LogP contribution in [0.3, 0.4) is 0 Å². The number of thiophene rings is 1. The number of imidazole rings is 1. The van der Waals surface area contributed by atoms with Crippen LogP contribution in [0.15, 0.2) is 48.1 Å². The Hall–Kier alpha value is -3.36. The van der Waals surface area contributed by atoms with Crippen molar-refractivity contribution in [3.05, 3.63) is 65.1 Å². The molecule has 4 aromatic rings. The SMILES string of the molecule is COc1cc2c(cc1-c1ccn(C)c1)-n1c(-c3cccs3)nc(C(=O)NC3(C)COC3)c1CC2. The molecule has 174 valence electrons. The summed E-state index contributed by atoms with van der Waals surface area (Å²) in [6.07, 6.45) is 5.66. The molecule has 0 saturated carbocycles. The molecule has 0 unspecified atom stereocenters. The molecule has 1 saturated heterocycles. The Kier molecular flexibility index (Phi) is 4.89. The quantitative estimate of drug-likeness (QED) is 0.470. The van der Waals surface area contributed by atoms with Crippen molar-refractivity contribution in [2.75, 3.05) is 20.3 Å².